The molecule has 1 heterocycles. The molecule has 0 radical (unpaired) electrons. The first-order valence-corrected chi connectivity index (χ1v) is 13.8. The maximum Gasteiger partial charge on any atom is 0.303 e. The zero-order valence-electron chi connectivity index (χ0n) is 23.3. The van der Waals surface area contributed by atoms with Gasteiger partial charge in [-0.1, -0.05) is 66.7 Å². The zero-order valence-corrected chi connectivity index (χ0v) is 23.3. The highest BCUT2D eigenvalue weighted by atomic mass is 16.7. The van der Waals surface area contributed by atoms with Gasteiger partial charge in [-0.15, -0.1) is 0 Å². The molecule has 3 aromatic carbocycles. The largest absolute Gasteiger partial charge is 0.481 e. The van der Waals surface area contributed by atoms with Gasteiger partial charge in [0.25, 0.3) is 0 Å². The first kappa shape index (κ1) is 30.4. The number of aliphatic hydroxyl groups is 2. The molecule has 1 fully saturated rings. The van der Waals surface area contributed by atoms with E-state index in [0.717, 1.165) is 16.7 Å². The van der Waals surface area contributed by atoms with Crippen molar-refractivity contribution < 1.29 is 34.4 Å². The van der Waals surface area contributed by atoms with Crippen LogP contribution in [-0.4, -0.2) is 57.8 Å². The molecule has 0 aliphatic carbocycles. The number of carbonyl (C=O) groups excluding carboxylic acids is 1. The van der Waals surface area contributed by atoms with Crippen LogP contribution >= 0.6 is 0 Å². The predicted molar refractivity (Wildman–Crippen MR) is 154 cm³/mol. The predicted octanol–water partition coefficient (Wildman–Crippen LogP) is 4.58. The zero-order chi connectivity index (χ0) is 29.4. The van der Waals surface area contributed by atoms with Gasteiger partial charge in [0.15, 0.2) is 6.29 Å². The monoisotopic (exact) mass is 562 g/mol. The summed E-state index contributed by atoms with van der Waals surface area (Å²) in [6.45, 7) is 2.48. The summed E-state index contributed by atoms with van der Waals surface area (Å²) < 4.78 is 12.9. The number of carboxylic acid groups (broad SMARTS) is 1. The summed E-state index contributed by atoms with van der Waals surface area (Å²) in [5, 5.41) is 32.0. The number of aliphatic hydroxyl groups excluding tert-OH is 2. The van der Waals surface area contributed by atoms with E-state index in [9.17, 15) is 19.8 Å². The molecule has 3 aromatic rings. The van der Waals surface area contributed by atoms with Crippen LogP contribution in [0.4, 0.5) is 5.69 Å². The summed E-state index contributed by atoms with van der Waals surface area (Å²) in [6.07, 6.45) is -1.70. The van der Waals surface area contributed by atoms with Gasteiger partial charge >= 0.3 is 5.97 Å². The highest BCUT2D eigenvalue weighted by Crippen LogP contribution is 2.39. The molecule has 9 nitrogen and oxygen atoms in total. The second-order valence-electron chi connectivity index (χ2n) is 10.5. The lowest BCUT2D eigenvalue weighted by molar-refractivity contribution is -0.253. The van der Waals surface area contributed by atoms with Crippen molar-refractivity contribution in [2.45, 2.75) is 63.4 Å². The molecule has 9 heteroatoms. The van der Waals surface area contributed by atoms with Gasteiger partial charge in [0.2, 0.25) is 5.91 Å². The number of aliphatic carboxylic acids is 1. The van der Waals surface area contributed by atoms with Crippen LogP contribution in [0, 0.1) is 0 Å². The number of anilines is 1. The van der Waals surface area contributed by atoms with Crippen LogP contribution in [0.25, 0.3) is 0 Å². The average molecular weight is 563 g/mol. The fourth-order valence-electron chi connectivity index (χ4n) is 4.90. The number of carbonyl (C=O) groups is 2. The van der Waals surface area contributed by atoms with Gasteiger partial charge in [-0.2, -0.15) is 0 Å². The van der Waals surface area contributed by atoms with Crippen LogP contribution in [-0.2, 0) is 25.7 Å². The Morgan fingerprint density at radius 1 is 0.976 bits per heavy atom. The van der Waals surface area contributed by atoms with E-state index in [1.165, 1.54) is 0 Å². The molecule has 4 rings (SSSR count). The van der Waals surface area contributed by atoms with E-state index < -0.39 is 18.4 Å². The highest BCUT2D eigenvalue weighted by Gasteiger charge is 2.34. The van der Waals surface area contributed by atoms with Crippen LogP contribution in [0.3, 0.4) is 0 Å². The lowest BCUT2D eigenvalue weighted by Gasteiger charge is -2.39. The molecule has 1 aliphatic heterocycles. The van der Waals surface area contributed by atoms with Crippen LogP contribution in [0.1, 0.15) is 66.9 Å². The first-order chi connectivity index (χ1) is 19.7. The maximum atomic E-state index is 12.2. The smallest absolute Gasteiger partial charge is 0.303 e. The number of carboxylic acids is 1. The minimum absolute atomic E-state index is 0.0441. The number of nitrogens with zero attached hydrogens (tertiary/aromatic N) is 1. The quantitative estimate of drug-likeness (QED) is 0.253. The molecule has 41 heavy (non-hydrogen) atoms. The Bertz CT molecular complexity index is 1280. The molecule has 1 amide bonds. The van der Waals surface area contributed by atoms with Crippen LogP contribution in [0.2, 0.25) is 0 Å². The van der Waals surface area contributed by atoms with Crippen molar-refractivity contribution in [3.8, 4) is 0 Å². The van der Waals surface area contributed by atoms with Crippen molar-refractivity contribution in [1.29, 1.82) is 0 Å². The maximum absolute atomic E-state index is 12.2. The Balaban J connectivity index is 1.52. The van der Waals surface area contributed by atoms with E-state index in [-0.39, 0.29) is 43.6 Å². The summed E-state index contributed by atoms with van der Waals surface area (Å²) in [6, 6.07) is 24.2. The SMILES string of the molecule is CC(C(O)c1ccccc1)N(C)CC1CC(c2ccc(CO)cc2)OC(c2cccc(NC(=O)CCC(=O)O)c2)O1. The van der Waals surface area contributed by atoms with Crippen molar-refractivity contribution in [2.75, 3.05) is 18.9 Å². The fourth-order valence-corrected chi connectivity index (χ4v) is 4.90. The number of likely N-dealkylation sites (N-methyl/N-ethyl adjacent to an activating group) is 1. The van der Waals surface area contributed by atoms with Gasteiger partial charge in [0, 0.05) is 36.7 Å². The van der Waals surface area contributed by atoms with E-state index in [1.54, 1.807) is 18.2 Å². The topological polar surface area (TPSA) is 129 Å². The van der Waals surface area contributed by atoms with Gasteiger partial charge in [-0.05, 0) is 42.8 Å². The van der Waals surface area contributed by atoms with E-state index in [4.69, 9.17) is 14.6 Å². The third-order valence-corrected chi connectivity index (χ3v) is 7.41. The molecular weight excluding hydrogens is 524 g/mol. The second-order valence-corrected chi connectivity index (χ2v) is 10.5. The van der Waals surface area contributed by atoms with Gasteiger partial charge in [-0.25, -0.2) is 0 Å². The molecule has 0 bridgehead atoms. The number of hydrogen-bond donors (Lipinski definition) is 4. The minimum atomic E-state index is -1.03. The Kier molecular flexibility index (Phi) is 10.6. The lowest BCUT2D eigenvalue weighted by Crippen LogP contribution is -2.43. The Morgan fingerprint density at radius 3 is 2.39 bits per heavy atom. The molecule has 4 N–H and O–H groups in total. The average Bonchev–Trinajstić information content (AvgIpc) is 2.99. The molecule has 0 aromatic heterocycles. The normalized spacial score (nSPS) is 20.4. The standard InChI is InChI=1S/C32H38N2O7/c1-21(31(39)24-7-4-3-5-8-24)34(2)19-27-18-28(23-13-11-22(20-35)12-14-23)41-32(40-27)25-9-6-10-26(17-25)33-29(36)15-16-30(37)38/h3-14,17,21,27-28,31-32,35,39H,15-16,18-20H2,1-2H3,(H,33,36)(H,37,38). The number of ether oxygens (including phenoxy) is 2. The summed E-state index contributed by atoms with van der Waals surface area (Å²) in [5.41, 5.74) is 3.85. The number of benzene rings is 3. The molecule has 1 saturated heterocycles. The number of rotatable bonds is 12. The van der Waals surface area contributed by atoms with Crippen molar-refractivity contribution in [3.63, 3.8) is 0 Å². The first-order valence-electron chi connectivity index (χ1n) is 13.8. The molecule has 0 spiro atoms. The third kappa shape index (κ3) is 8.45. The molecular formula is C32H38N2O7. The summed E-state index contributed by atoms with van der Waals surface area (Å²) in [7, 11) is 1.96. The second kappa shape index (κ2) is 14.3. The van der Waals surface area contributed by atoms with Gasteiger partial charge < -0.3 is 30.1 Å². The summed E-state index contributed by atoms with van der Waals surface area (Å²) in [5.74, 6) is -1.42. The highest BCUT2D eigenvalue weighted by molar-refractivity contribution is 5.92. The van der Waals surface area contributed by atoms with E-state index >= 15 is 0 Å². The van der Waals surface area contributed by atoms with Gasteiger partial charge in [0.1, 0.15) is 0 Å². The number of nitrogens with one attached hydrogen (secondary N) is 1. The lowest BCUT2D eigenvalue weighted by atomic mass is 9.98. The molecule has 1 aliphatic rings. The molecule has 5 unspecified atom stereocenters. The van der Waals surface area contributed by atoms with Gasteiger partial charge in [0.05, 0.1) is 31.3 Å². The van der Waals surface area contributed by atoms with Crippen molar-refractivity contribution in [1.82, 2.24) is 4.90 Å². The molecule has 0 saturated carbocycles. The van der Waals surface area contributed by atoms with Gasteiger partial charge in [-0.3, -0.25) is 14.5 Å². The van der Waals surface area contributed by atoms with Crippen LogP contribution in [0.5, 0.6) is 0 Å². The Hall–Kier alpha value is -3.60. The van der Waals surface area contributed by atoms with E-state index in [0.29, 0.717) is 24.2 Å². The molecule has 5 atom stereocenters. The summed E-state index contributed by atoms with van der Waals surface area (Å²) in [4.78, 5) is 25.1. The van der Waals surface area contributed by atoms with E-state index in [1.807, 2.05) is 74.6 Å². The van der Waals surface area contributed by atoms with Crippen molar-refractivity contribution in [2.24, 2.45) is 0 Å². The molecule has 218 valence electrons. The number of hydrogen-bond acceptors (Lipinski definition) is 7. The van der Waals surface area contributed by atoms with Crippen molar-refractivity contribution in [3.05, 3.63) is 101 Å². The van der Waals surface area contributed by atoms with Crippen molar-refractivity contribution >= 4 is 17.6 Å². The number of amides is 1. The van der Waals surface area contributed by atoms with E-state index in [2.05, 4.69) is 10.2 Å². The Labute approximate surface area is 240 Å². The summed E-state index contributed by atoms with van der Waals surface area (Å²) >= 11 is 0. The minimum Gasteiger partial charge on any atom is -0.481 e. The third-order valence-electron chi connectivity index (χ3n) is 7.41. The fraction of sp³-hybridized carbons (Fsp3) is 0.375. The van der Waals surface area contributed by atoms with Crippen LogP contribution < -0.4 is 5.32 Å². The Morgan fingerprint density at radius 2 is 1.71 bits per heavy atom. The van der Waals surface area contributed by atoms with Crippen LogP contribution in [0.15, 0.2) is 78.9 Å².